The summed E-state index contributed by atoms with van der Waals surface area (Å²) in [6, 6.07) is 47.1. The van der Waals surface area contributed by atoms with Crippen LogP contribution in [0, 0.1) is 27.7 Å². The predicted molar refractivity (Wildman–Crippen MR) is 257 cm³/mol. The van der Waals surface area contributed by atoms with Crippen LogP contribution in [0.15, 0.2) is 176 Å². The summed E-state index contributed by atoms with van der Waals surface area (Å²) in [6.45, 7) is 8.92. The molecule has 0 N–H and O–H groups in total. The Labute approximate surface area is 431 Å². The number of rotatable bonds is 14. The monoisotopic (exact) mass is 964 g/mol. The number of para-hydroxylation sites is 1. The number of hydrogen-bond donors (Lipinski definition) is 0. The Morgan fingerprint density at radius 2 is 1.20 bits per heavy atom. The summed E-state index contributed by atoms with van der Waals surface area (Å²) < 4.78 is 84.0. The molecule has 0 spiro atoms. The first kappa shape index (κ1) is 48.9. The van der Waals surface area contributed by atoms with Crippen molar-refractivity contribution < 1.29 is 81.7 Å². The van der Waals surface area contributed by atoms with Crippen LogP contribution >= 0.6 is 23.5 Å². The maximum Gasteiger partial charge on any atom is 1.00 e. The largest absolute Gasteiger partial charge is 1.00 e. The van der Waals surface area contributed by atoms with Crippen LogP contribution in [0.1, 0.15) is 22.3 Å². The molecule has 2 aliphatic rings. The van der Waals surface area contributed by atoms with E-state index in [9.17, 15) is 25.9 Å². The number of nitrogens with zero attached hydrogens (tertiary/aromatic N) is 2. The number of benzene rings is 7. The van der Waals surface area contributed by atoms with E-state index in [1.807, 2.05) is 91.0 Å². The molecule has 0 saturated carbocycles. The molecule has 0 fully saturated rings. The molecule has 0 atom stereocenters. The Morgan fingerprint density at radius 1 is 0.600 bits per heavy atom. The fraction of sp³-hybridized carbons (Fsp3) is 0.157. The molecule has 1 aliphatic heterocycles. The van der Waals surface area contributed by atoms with Crippen molar-refractivity contribution in [2.24, 2.45) is 0 Å². The van der Waals surface area contributed by atoms with Crippen LogP contribution < -0.4 is 66.2 Å². The molecule has 0 unspecified atom stereocenters. The quantitative estimate of drug-likeness (QED) is 0.0347. The van der Waals surface area contributed by atoms with Gasteiger partial charge in [0, 0.05) is 78.8 Å². The van der Waals surface area contributed by atoms with Crippen LogP contribution in [0.5, 0.6) is 0 Å². The van der Waals surface area contributed by atoms with E-state index in [1.54, 1.807) is 49.5 Å². The molecule has 0 saturated heterocycles. The van der Waals surface area contributed by atoms with Gasteiger partial charge in [-0.3, -0.25) is 0 Å². The van der Waals surface area contributed by atoms with Gasteiger partial charge in [-0.05, 0) is 99.5 Å². The van der Waals surface area contributed by atoms with E-state index in [2.05, 4.69) is 47.6 Å². The number of anilines is 2. The molecular formula is C51H45KN2O7S4. The van der Waals surface area contributed by atoms with Crippen LogP contribution in [0.25, 0.3) is 33.4 Å². The molecule has 326 valence electrons. The van der Waals surface area contributed by atoms with Crippen LogP contribution in [-0.4, -0.2) is 50.5 Å². The van der Waals surface area contributed by atoms with Crippen molar-refractivity contribution in [2.45, 2.75) is 47.3 Å². The Balaban J connectivity index is 0.00000630. The molecule has 9 nitrogen and oxygen atoms in total. The van der Waals surface area contributed by atoms with Crippen molar-refractivity contribution >= 4 is 71.8 Å². The van der Waals surface area contributed by atoms with Crippen molar-refractivity contribution in [1.29, 1.82) is 0 Å². The second kappa shape index (κ2) is 20.9. The molecule has 1 aliphatic carbocycles. The Hall–Kier alpha value is -4.03. The van der Waals surface area contributed by atoms with Crippen LogP contribution in [0.2, 0.25) is 0 Å². The van der Waals surface area contributed by atoms with Crippen molar-refractivity contribution in [3.63, 3.8) is 0 Å². The minimum absolute atomic E-state index is 0. The third kappa shape index (κ3) is 11.1. The minimum atomic E-state index is -4.90. The van der Waals surface area contributed by atoms with E-state index in [1.165, 1.54) is 29.2 Å². The minimum Gasteiger partial charge on any atom is -0.744 e. The first-order valence-electron chi connectivity index (χ1n) is 20.6. The van der Waals surface area contributed by atoms with E-state index in [0.29, 0.717) is 57.8 Å². The SMILES string of the molecule is Cc1cccc(C)c1N(CCSc1ccccc1)c1ccc2c(-c3ccccc3S(=O)(=O)[O-])c3ccc(=[N+](CCSc4ccccc4)c4c(C)cc(S(=O)(=O)[O-])cc4C)cc-3oc2c1.[K+]. The fourth-order valence-corrected chi connectivity index (χ4v) is 11.4. The van der Waals surface area contributed by atoms with Gasteiger partial charge in [-0.25, -0.2) is 16.8 Å². The molecule has 0 amide bonds. The van der Waals surface area contributed by atoms with Crippen molar-refractivity contribution in [3.8, 4) is 22.5 Å². The van der Waals surface area contributed by atoms with Gasteiger partial charge in [0.15, 0.2) is 6.54 Å². The Morgan fingerprint density at radius 3 is 1.82 bits per heavy atom. The van der Waals surface area contributed by atoms with Gasteiger partial charge >= 0.3 is 51.4 Å². The maximum absolute atomic E-state index is 12.9. The molecule has 0 aromatic heterocycles. The van der Waals surface area contributed by atoms with Crippen molar-refractivity contribution in [3.05, 3.63) is 179 Å². The smallest absolute Gasteiger partial charge is 0.744 e. The van der Waals surface area contributed by atoms with Gasteiger partial charge in [0.05, 0.1) is 21.6 Å². The second-order valence-electron chi connectivity index (χ2n) is 15.5. The van der Waals surface area contributed by atoms with E-state index >= 15 is 0 Å². The van der Waals surface area contributed by atoms with Gasteiger partial charge < -0.3 is 18.4 Å². The van der Waals surface area contributed by atoms with E-state index in [0.717, 1.165) is 44.2 Å². The Kier molecular flexibility index (Phi) is 15.7. The van der Waals surface area contributed by atoms with E-state index in [-0.39, 0.29) is 66.7 Å². The number of aryl methyl sites for hydroxylation is 4. The standard InChI is InChI=1S/C51H46N2O7S4.K/c1-34-14-13-15-35(2)50(34)52(26-28-61-40-16-7-5-8-17-40)38-22-24-43-46(32-38)60-47-33-39(23-25-44(47)49(43)45-20-11-12-21-48(45)64(57,58)59)53(27-29-62-41-18-9-6-10-19-41)51-36(3)30-42(31-37(51)4)63(54,55)56;/h5-25,30-33H,26-29H2,1-4H3,(H-,54,55,56,57,58,59);/q;+1/p-1. The van der Waals surface area contributed by atoms with Gasteiger partial charge in [0.25, 0.3) is 0 Å². The zero-order chi connectivity index (χ0) is 45.2. The van der Waals surface area contributed by atoms with Crippen molar-refractivity contribution in [2.75, 3.05) is 29.5 Å². The van der Waals surface area contributed by atoms with E-state index < -0.39 is 20.2 Å². The summed E-state index contributed by atoms with van der Waals surface area (Å²) >= 11 is 3.44. The number of fused-ring (bicyclic) bond motifs is 2. The van der Waals surface area contributed by atoms with E-state index in [4.69, 9.17) is 4.42 Å². The van der Waals surface area contributed by atoms with Gasteiger partial charge in [0.2, 0.25) is 11.0 Å². The molecule has 0 radical (unpaired) electrons. The maximum atomic E-state index is 12.9. The van der Waals surface area contributed by atoms with Crippen LogP contribution in [0.4, 0.5) is 17.1 Å². The molecule has 6 aromatic carbocycles. The summed E-state index contributed by atoms with van der Waals surface area (Å²) in [5.41, 5.74) is 7.96. The molecule has 6 aromatic rings. The summed E-state index contributed by atoms with van der Waals surface area (Å²) in [5, 5.41) is 1.34. The second-order valence-corrected chi connectivity index (χ2v) is 20.6. The van der Waals surface area contributed by atoms with Gasteiger partial charge in [0.1, 0.15) is 31.6 Å². The van der Waals surface area contributed by atoms with Gasteiger partial charge in [-0.2, -0.15) is 4.58 Å². The topological polar surface area (TPSA) is 134 Å². The molecule has 8 rings (SSSR count). The third-order valence-corrected chi connectivity index (χ3v) is 14.8. The van der Waals surface area contributed by atoms with Crippen LogP contribution in [0.3, 0.4) is 0 Å². The average Bonchev–Trinajstić information content (AvgIpc) is 3.26. The molecule has 14 heteroatoms. The first-order chi connectivity index (χ1) is 30.7. The van der Waals surface area contributed by atoms with Crippen LogP contribution in [-0.2, 0) is 20.2 Å². The number of hydrogen-bond acceptors (Lipinski definition) is 10. The van der Waals surface area contributed by atoms with Crippen molar-refractivity contribution in [1.82, 2.24) is 4.58 Å². The van der Waals surface area contributed by atoms with Gasteiger partial charge in [-0.1, -0.05) is 72.8 Å². The summed E-state index contributed by atoms with van der Waals surface area (Å²) in [5.74, 6) is 1.87. The zero-order valence-corrected chi connectivity index (χ0v) is 43.0. The summed E-state index contributed by atoms with van der Waals surface area (Å²) in [6.07, 6.45) is 0. The zero-order valence-electron chi connectivity index (χ0n) is 36.6. The first-order valence-corrected chi connectivity index (χ1v) is 25.4. The summed E-state index contributed by atoms with van der Waals surface area (Å²) in [4.78, 5) is 3.90. The van der Waals surface area contributed by atoms with Gasteiger partial charge in [-0.15, -0.1) is 23.5 Å². The molecule has 65 heavy (non-hydrogen) atoms. The molecule has 0 bridgehead atoms. The normalized spacial score (nSPS) is 12.3. The summed E-state index contributed by atoms with van der Waals surface area (Å²) in [7, 11) is -9.61. The number of thioether (sulfide) groups is 2. The molecule has 1 heterocycles. The fourth-order valence-electron chi connectivity index (χ4n) is 8.39. The Bertz CT molecular complexity index is 3250. The third-order valence-electron chi connectivity index (χ3n) is 11.1. The predicted octanol–water partition coefficient (Wildman–Crippen LogP) is 8.08. The average molecular weight is 965 g/mol. The molecular weight excluding hydrogens is 920 g/mol.